The van der Waals surface area contributed by atoms with Crippen LogP contribution < -0.4 is 5.32 Å². The van der Waals surface area contributed by atoms with Crippen LogP contribution in [0.25, 0.3) is 5.69 Å². The first-order valence-corrected chi connectivity index (χ1v) is 10.2. The Morgan fingerprint density at radius 2 is 1.89 bits per heavy atom. The molecular weight excluding hydrogens is 376 g/mol. The summed E-state index contributed by atoms with van der Waals surface area (Å²) in [5.41, 5.74) is 2.59. The molecule has 1 aliphatic heterocycles. The third-order valence-corrected chi connectivity index (χ3v) is 6.17. The number of likely N-dealkylation sites (N-methyl/N-ethyl adjacent to an activating group) is 1. The van der Waals surface area contributed by atoms with Gasteiger partial charge in [-0.2, -0.15) is 13.5 Å². The molecule has 0 fully saturated rings. The van der Waals surface area contributed by atoms with Crippen LogP contribution in [0, 0.1) is 0 Å². The molecule has 4 rings (SSSR count). The van der Waals surface area contributed by atoms with Crippen molar-refractivity contribution in [2.45, 2.75) is 17.9 Å². The Bertz CT molecular complexity index is 1110. The van der Waals surface area contributed by atoms with Crippen molar-refractivity contribution in [1.82, 2.24) is 19.7 Å². The molecule has 1 aromatic heterocycles. The van der Waals surface area contributed by atoms with Gasteiger partial charge in [0, 0.05) is 6.04 Å². The number of rotatable bonds is 5. The lowest BCUT2D eigenvalue weighted by Gasteiger charge is -2.27. The van der Waals surface area contributed by atoms with E-state index in [0.717, 1.165) is 11.3 Å². The van der Waals surface area contributed by atoms with Gasteiger partial charge in [-0.05, 0) is 43.8 Å². The van der Waals surface area contributed by atoms with E-state index >= 15 is 0 Å². The molecule has 1 N–H and O–H groups in total. The number of sulfonamides is 1. The topological polar surface area (TPSA) is 92.5 Å². The smallest absolute Gasteiger partial charge is 0.286 e. The van der Waals surface area contributed by atoms with Crippen molar-refractivity contribution in [2.24, 2.45) is 4.40 Å². The summed E-state index contributed by atoms with van der Waals surface area (Å²) in [7, 11) is -1.74. The number of hydrogen-bond acceptors (Lipinski definition) is 6. The van der Waals surface area contributed by atoms with Gasteiger partial charge in [0.15, 0.2) is 0 Å². The molecule has 2 aromatic carbocycles. The minimum absolute atomic E-state index is 0.0640. The van der Waals surface area contributed by atoms with Crippen molar-refractivity contribution in [3.63, 3.8) is 0 Å². The van der Waals surface area contributed by atoms with Crippen molar-refractivity contribution in [3.05, 3.63) is 66.7 Å². The van der Waals surface area contributed by atoms with Gasteiger partial charge in [-0.15, -0.1) is 4.40 Å². The van der Waals surface area contributed by atoms with E-state index < -0.39 is 10.0 Å². The van der Waals surface area contributed by atoms with Crippen LogP contribution in [-0.4, -0.2) is 47.5 Å². The van der Waals surface area contributed by atoms with E-state index in [4.69, 9.17) is 0 Å². The second kappa shape index (κ2) is 7.17. The van der Waals surface area contributed by atoms with Crippen LogP contribution in [0.1, 0.15) is 18.5 Å². The van der Waals surface area contributed by atoms with Crippen molar-refractivity contribution >= 4 is 21.5 Å². The highest BCUT2D eigenvalue weighted by molar-refractivity contribution is 7.90. The van der Waals surface area contributed by atoms with E-state index in [0.29, 0.717) is 18.1 Å². The number of anilines is 1. The van der Waals surface area contributed by atoms with Gasteiger partial charge >= 0.3 is 0 Å². The Kier molecular flexibility index (Phi) is 4.70. The van der Waals surface area contributed by atoms with E-state index in [1.807, 2.05) is 36.2 Å². The molecule has 1 aliphatic rings. The fourth-order valence-electron chi connectivity index (χ4n) is 3.11. The lowest BCUT2D eigenvalue weighted by molar-refractivity contribution is 0.298. The first kappa shape index (κ1) is 18.3. The average Bonchev–Trinajstić information content (AvgIpc) is 3.22. The highest BCUT2D eigenvalue weighted by Crippen LogP contribution is 2.27. The number of para-hydroxylation sites is 1. The Hall–Kier alpha value is -3.04. The van der Waals surface area contributed by atoms with Gasteiger partial charge in [0.05, 0.1) is 17.9 Å². The third kappa shape index (κ3) is 3.54. The van der Waals surface area contributed by atoms with Gasteiger partial charge in [-0.3, -0.25) is 4.90 Å². The molecular formula is C19H20N6O2S. The third-order valence-electron chi connectivity index (χ3n) is 4.79. The van der Waals surface area contributed by atoms with Crippen molar-refractivity contribution < 1.29 is 8.42 Å². The summed E-state index contributed by atoms with van der Waals surface area (Å²) in [6, 6.07) is 14.9. The molecule has 8 nitrogen and oxygen atoms in total. The van der Waals surface area contributed by atoms with Gasteiger partial charge in [-0.25, -0.2) is 9.67 Å². The van der Waals surface area contributed by atoms with Crippen LogP contribution in [0.3, 0.4) is 0 Å². The zero-order chi connectivity index (χ0) is 19.7. The summed E-state index contributed by atoms with van der Waals surface area (Å²) in [4.78, 5) is 6.20. The van der Waals surface area contributed by atoms with Crippen LogP contribution in [-0.2, 0) is 10.0 Å². The first-order chi connectivity index (χ1) is 13.4. The Balaban J connectivity index is 1.49. The number of aromatic nitrogens is 3. The van der Waals surface area contributed by atoms with Gasteiger partial charge in [0.2, 0.25) is 0 Å². The Morgan fingerprint density at radius 1 is 1.14 bits per heavy atom. The van der Waals surface area contributed by atoms with Gasteiger partial charge in [-0.1, -0.05) is 24.3 Å². The second-order valence-corrected chi connectivity index (χ2v) is 8.23. The van der Waals surface area contributed by atoms with Crippen molar-refractivity contribution in [2.75, 3.05) is 18.9 Å². The minimum atomic E-state index is -3.67. The van der Waals surface area contributed by atoms with E-state index in [9.17, 15) is 8.42 Å². The average molecular weight is 396 g/mol. The molecule has 3 aromatic rings. The molecule has 28 heavy (non-hydrogen) atoms. The monoisotopic (exact) mass is 396 g/mol. The molecule has 0 aliphatic carbocycles. The Morgan fingerprint density at radius 3 is 2.61 bits per heavy atom. The molecule has 1 unspecified atom stereocenters. The zero-order valence-corrected chi connectivity index (χ0v) is 16.3. The molecule has 0 saturated carbocycles. The molecule has 1 atom stereocenters. The molecule has 9 heteroatoms. The molecule has 2 heterocycles. The molecule has 0 bridgehead atoms. The number of benzene rings is 2. The lowest BCUT2D eigenvalue weighted by atomic mass is 10.1. The fraction of sp³-hybridized carbons (Fsp3) is 0.211. The summed E-state index contributed by atoms with van der Waals surface area (Å²) in [5, 5.41) is 7.25. The maximum Gasteiger partial charge on any atom is 0.286 e. The maximum atomic E-state index is 12.4. The SMILES string of the molecule is CC(c1ccc(-n2cncn2)cc1)N(C)CC1=NS(=O)(=O)c2ccccc2N1. The standard InChI is InChI=1S/C19H20N6O2S/c1-14(15-7-9-16(10-8-15)25-13-20-12-21-25)24(2)11-19-22-17-5-3-4-6-18(17)28(26,27)23-19/h3-10,12-14H,11H2,1-2H3,(H,22,23). The maximum absolute atomic E-state index is 12.4. The normalized spacial score (nSPS) is 16.2. The van der Waals surface area contributed by atoms with E-state index in [1.54, 1.807) is 35.3 Å². The lowest BCUT2D eigenvalue weighted by Crippen LogP contribution is -2.34. The summed E-state index contributed by atoms with van der Waals surface area (Å²) >= 11 is 0. The number of amidine groups is 1. The van der Waals surface area contributed by atoms with E-state index in [1.165, 1.54) is 6.33 Å². The molecule has 0 saturated heterocycles. The van der Waals surface area contributed by atoms with Crippen LogP contribution in [0.4, 0.5) is 5.69 Å². The molecule has 0 amide bonds. The second-order valence-electron chi connectivity index (χ2n) is 6.66. The van der Waals surface area contributed by atoms with Crippen molar-refractivity contribution in [1.29, 1.82) is 0 Å². The van der Waals surface area contributed by atoms with E-state index in [-0.39, 0.29) is 10.9 Å². The summed E-state index contributed by atoms with van der Waals surface area (Å²) < 4.78 is 30.4. The number of hydrogen-bond donors (Lipinski definition) is 1. The minimum Gasteiger partial charge on any atom is -0.341 e. The predicted molar refractivity (Wildman–Crippen MR) is 107 cm³/mol. The largest absolute Gasteiger partial charge is 0.341 e. The van der Waals surface area contributed by atoms with Crippen LogP contribution in [0.2, 0.25) is 0 Å². The molecule has 0 radical (unpaired) electrons. The summed E-state index contributed by atoms with van der Waals surface area (Å²) in [6.45, 7) is 2.44. The first-order valence-electron chi connectivity index (χ1n) is 8.79. The van der Waals surface area contributed by atoms with Gasteiger partial charge in [0.1, 0.15) is 23.4 Å². The quantitative estimate of drug-likeness (QED) is 0.712. The van der Waals surface area contributed by atoms with Gasteiger partial charge < -0.3 is 5.32 Å². The van der Waals surface area contributed by atoms with Crippen LogP contribution in [0.15, 0.2) is 70.5 Å². The summed E-state index contributed by atoms with van der Waals surface area (Å²) in [5.74, 6) is 0.410. The van der Waals surface area contributed by atoms with Crippen LogP contribution >= 0.6 is 0 Å². The summed E-state index contributed by atoms with van der Waals surface area (Å²) in [6.07, 6.45) is 3.14. The zero-order valence-electron chi connectivity index (χ0n) is 15.5. The van der Waals surface area contributed by atoms with E-state index in [2.05, 4.69) is 26.7 Å². The highest BCUT2D eigenvalue weighted by Gasteiger charge is 2.25. The van der Waals surface area contributed by atoms with Gasteiger partial charge in [0.25, 0.3) is 10.0 Å². The number of nitrogens with one attached hydrogen (secondary N) is 1. The molecule has 144 valence electrons. The highest BCUT2D eigenvalue weighted by atomic mass is 32.2. The number of fused-ring (bicyclic) bond motifs is 1. The fourth-order valence-corrected chi connectivity index (χ4v) is 4.25. The van der Waals surface area contributed by atoms with Crippen molar-refractivity contribution in [3.8, 4) is 5.69 Å². The Labute approximate surface area is 163 Å². The molecule has 0 spiro atoms. The van der Waals surface area contributed by atoms with Crippen LogP contribution in [0.5, 0.6) is 0 Å². The number of nitrogens with zero attached hydrogens (tertiary/aromatic N) is 5. The predicted octanol–water partition coefficient (Wildman–Crippen LogP) is 2.47.